The number of amides is 1. The summed E-state index contributed by atoms with van der Waals surface area (Å²) in [6.07, 6.45) is 4.57. The van der Waals surface area contributed by atoms with Crippen LogP contribution in [0.4, 0.5) is 0 Å². The molecule has 0 radical (unpaired) electrons. The maximum absolute atomic E-state index is 13.4. The van der Waals surface area contributed by atoms with Crippen LogP contribution in [0.2, 0.25) is 0 Å². The fraction of sp³-hybridized carbons (Fsp3) is 0.300. The lowest BCUT2D eigenvalue weighted by Crippen LogP contribution is -2.42. The van der Waals surface area contributed by atoms with Crippen molar-refractivity contribution >= 4 is 5.91 Å². The maximum atomic E-state index is 13.4. The van der Waals surface area contributed by atoms with Gasteiger partial charge in [-0.05, 0) is 53.3 Å². The first-order valence-electron chi connectivity index (χ1n) is 12.8. The molecule has 190 valence electrons. The molecule has 0 fully saturated rings. The van der Waals surface area contributed by atoms with Crippen LogP contribution < -0.4 is 4.74 Å². The van der Waals surface area contributed by atoms with Gasteiger partial charge in [-0.15, -0.1) is 0 Å². The van der Waals surface area contributed by atoms with Crippen molar-refractivity contribution in [2.75, 3.05) is 19.7 Å². The second kappa shape index (κ2) is 11.0. The molecule has 0 spiro atoms. The van der Waals surface area contributed by atoms with Crippen LogP contribution in [0.1, 0.15) is 47.8 Å². The van der Waals surface area contributed by atoms with Crippen LogP contribution in [0.5, 0.6) is 5.75 Å². The number of hydrogen-bond donors (Lipinski definition) is 1. The van der Waals surface area contributed by atoms with Gasteiger partial charge >= 0.3 is 0 Å². The van der Waals surface area contributed by atoms with Crippen LogP contribution in [-0.2, 0) is 13.2 Å². The summed E-state index contributed by atoms with van der Waals surface area (Å²) in [7, 11) is 0. The Morgan fingerprint density at radius 3 is 2.38 bits per heavy atom. The van der Waals surface area contributed by atoms with Crippen molar-refractivity contribution in [2.45, 2.75) is 39.3 Å². The third kappa shape index (κ3) is 5.13. The summed E-state index contributed by atoms with van der Waals surface area (Å²) in [5, 5.41) is 14.2. The number of aliphatic hydroxyl groups is 1. The summed E-state index contributed by atoms with van der Waals surface area (Å²) in [5.74, 6) is 1.19. The second-order valence-electron chi connectivity index (χ2n) is 9.41. The molecule has 0 bridgehead atoms. The summed E-state index contributed by atoms with van der Waals surface area (Å²) < 4.78 is 7.84. The van der Waals surface area contributed by atoms with Gasteiger partial charge in [-0.3, -0.25) is 14.5 Å². The first-order chi connectivity index (χ1) is 18.1. The van der Waals surface area contributed by atoms with E-state index in [4.69, 9.17) is 9.84 Å². The molecule has 1 unspecified atom stereocenters. The molecule has 2 aromatic heterocycles. The molecule has 1 amide bonds. The predicted octanol–water partition coefficient (Wildman–Crippen LogP) is 5.15. The summed E-state index contributed by atoms with van der Waals surface area (Å²) in [5.41, 5.74) is 6.32. The molecule has 1 aliphatic heterocycles. The number of carbonyl (C=O) groups is 1. The molecular weight excluding hydrogens is 464 g/mol. The summed E-state index contributed by atoms with van der Waals surface area (Å²) >= 11 is 0. The van der Waals surface area contributed by atoms with Gasteiger partial charge in [0.1, 0.15) is 23.7 Å². The van der Waals surface area contributed by atoms with Crippen molar-refractivity contribution in [3.63, 3.8) is 0 Å². The lowest BCUT2D eigenvalue weighted by Gasteiger charge is -2.27. The van der Waals surface area contributed by atoms with Crippen LogP contribution in [-0.4, -0.2) is 50.4 Å². The Morgan fingerprint density at radius 2 is 1.70 bits per heavy atom. The number of ether oxygens (including phenoxy) is 1. The Hall–Kier alpha value is -3.97. The van der Waals surface area contributed by atoms with Crippen molar-refractivity contribution < 1.29 is 14.6 Å². The zero-order valence-corrected chi connectivity index (χ0v) is 21.3. The zero-order valence-electron chi connectivity index (χ0n) is 21.3. The number of nitrogens with zero attached hydrogens (tertiary/aromatic N) is 4. The number of aliphatic hydroxyl groups excluding tert-OH is 1. The minimum atomic E-state index is -0.121. The van der Waals surface area contributed by atoms with Crippen molar-refractivity contribution in [2.24, 2.45) is 0 Å². The van der Waals surface area contributed by atoms with E-state index in [1.807, 2.05) is 36.4 Å². The highest BCUT2D eigenvalue weighted by atomic mass is 16.5. The fourth-order valence-electron chi connectivity index (χ4n) is 4.69. The Labute approximate surface area is 217 Å². The maximum Gasteiger partial charge on any atom is 0.272 e. The smallest absolute Gasteiger partial charge is 0.272 e. The van der Waals surface area contributed by atoms with Gasteiger partial charge in [0, 0.05) is 36.6 Å². The molecule has 1 aliphatic rings. The second-order valence-corrected chi connectivity index (χ2v) is 9.41. The molecule has 2 aromatic carbocycles. The highest BCUT2D eigenvalue weighted by molar-refractivity contribution is 6.03. The van der Waals surface area contributed by atoms with Gasteiger partial charge in [0.05, 0.1) is 13.2 Å². The molecule has 0 saturated heterocycles. The SMILES string of the molecule is CCC(C)c1ccc(COc2ccc(-c3c(-c4ccncc4)nn4c3C(=O)N(CCO)CC4)cc2)cc1. The minimum Gasteiger partial charge on any atom is -0.489 e. The molecule has 0 saturated carbocycles. The molecule has 1 N–H and O–H groups in total. The minimum absolute atomic E-state index is 0.0706. The Kier molecular flexibility index (Phi) is 7.32. The lowest BCUT2D eigenvalue weighted by molar-refractivity contribution is 0.0662. The number of hydrogen-bond acceptors (Lipinski definition) is 5. The van der Waals surface area contributed by atoms with Crippen LogP contribution in [0.15, 0.2) is 73.1 Å². The number of fused-ring (bicyclic) bond motifs is 1. The normalized spacial score (nSPS) is 13.9. The van der Waals surface area contributed by atoms with Crippen molar-refractivity contribution in [1.82, 2.24) is 19.7 Å². The number of carbonyl (C=O) groups excluding carboxylic acids is 1. The Bertz CT molecular complexity index is 1350. The first-order valence-corrected chi connectivity index (χ1v) is 12.8. The van der Waals surface area contributed by atoms with E-state index >= 15 is 0 Å². The fourth-order valence-corrected chi connectivity index (χ4v) is 4.69. The molecule has 7 nitrogen and oxygen atoms in total. The third-order valence-corrected chi connectivity index (χ3v) is 7.06. The van der Waals surface area contributed by atoms with E-state index in [9.17, 15) is 9.90 Å². The van der Waals surface area contributed by atoms with Gasteiger partial charge in [0.2, 0.25) is 0 Å². The standard InChI is InChI=1S/C30H32N4O3/c1-3-21(2)23-6-4-22(5-7-23)20-37-26-10-8-24(9-11-26)27-28(25-12-14-31-15-13-25)32-34-17-16-33(18-19-35)30(36)29(27)34/h4-15,21,35H,3,16-20H2,1-2H3. The summed E-state index contributed by atoms with van der Waals surface area (Å²) in [4.78, 5) is 19.2. The van der Waals surface area contributed by atoms with E-state index in [1.165, 1.54) is 5.56 Å². The topological polar surface area (TPSA) is 80.5 Å². The quantitative estimate of drug-likeness (QED) is 0.347. The van der Waals surface area contributed by atoms with Gasteiger partial charge in [0.25, 0.3) is 5.91 Å². The molecule has 1 atom stereocenters. The van der Waals surface area contributed by atoms with Crippen molar-refractivity contribution in [1.29, 1.82) is 0 Å². The number of pyridine rings is 1. The molecule has 0 aliphatic carbocycles. The first kappa shape index (κ1) is 24.7. The number of benzene rings is 2. The van der Waals surface area contributed by atoms with E-state index in [0.717, 1.165) is 40.1 Å². The number of aromatic nitrogens is 3. The summed E-state index contributed by atoms with van der Waals surface area (Å²) in [6.45, 7) is 6.26. The number of rotatable bonds is 9. The Balaban J connectivity index is 1.42. The van der Waals surface area contributed by atoms with E-state index in [0.29, 0.717) is 37.9 Å². The summed E-state index contributed by atoms with van der Waals surface area (Å²) in [6, 6.07) is 20.2. The van der Waals surface area contributed by atoms with Gasteiger partial charge in [-0.25, -0.2) is 0 Å². The highest BCUT2D eigenvalue weighted by Crippen LogP contribution is 2.37. The van der Waals surface area contributed by atoms with Crippen LogP contribution in [0, 0.1) is 0 Å². The van der Waals surface area contributed by atoms with Crippen molar-refractivity contribution in [3.8, 4) is 28.1 Å². The van der Waals surface area contributed by atoms with Crippen molar-refractivity contribution in [3.05, 3.63) is 89.9 Å². The van der Waals surface area contributed by atoms with Gasteiger partial charge in [0.15, 0.2) is 0 Å². The third-order valence-electron chi connectivity index (χ3n) is 7.06. The zero-order chi connectivity index (χ0) is 25.8. The van der Waals surface area contributed by atoms with Gasteiger partial charge in [-0.2, -0.15) is 5.10 Å². The highest BCUT2D eigenvalue weighted by Gasteiger charge is 2.32. The molecule has 37 heavy (non-hydrogen) atoms. The average Bonchev–Trinajstić information content (AvgIpc) is 3.34. The molecule has 5 rings (SSSR count). The van der Waals surface area contributed by atoms with Gasteiger partial charge < -0.3 is 14.7 Å². The van der Waals surface area contributed by atoms with E-state index in [2.05, 4.69) is 43.1 Å². The largest absolute Gasteiger partial charge is 0.489 e. The van der Waals surface area contributed by atoms with E-state index in [1.54, 1.807) is 22.0 Å². The van der Waals surface area contributed by atoms with Crippen LogP contribution in [0.25, 0.3) is 22.4 Å². The lowest BCUT2D eigenvalue weighted by atomic mass is 9.98. The molecule has 7 heteroatoms. The monoisotopic (exact) mass is 496 g/mol. The van der Waals surface area contributed by atoms with Gasteiger partial charge in [-0.1, -0.05) is 50.2 Å². The molecular formula is C30H32N4O3. The predicted molar refractivity (Wildman–Crippen MR) is 143 cm³/mol. The van der Waals surface area contributed by atoms with E-state index in [-0.39, 0.29) is 12.5 Å². The van der Waals surface area contributed by atoms with E-state index < -0.39 is 0 Å². The Morgan fingerprint density at radius 1 is 0.973 bits per heavy atom. The van der Waals surface area contributed by atoms with Crippen LogP contribution in [0.3, 0.4) is 0 Å². The molecule has 3 heterocycles. The average molecular weight is 497 g/mol. The van der Waals surface area contributed by atoms with Crippen LogP contribution >= 0.6 is 0 Å². The molecule has 4 aromatic rings. The number of β-amino-alcohol motifs (C(OH)–C–C–N with tert-alkyl or cyclic N) is 1.